The van der Waals surface area contributed by atoms with Crippen molar-refractivity contribution in [2.24, 2.45) is 0 Å². The highest BCUT2D eigenvalue weighted by molar-refractivity contribution is 5.85. The van der Waals surface area contributed by atoms with Crippen molar-refractivity contribution in [3.8, 4) is 0 Å². The third-order valence-corrected chi connectivity index (χ3v) is 2.00. The Labute approximate surface area is 89.4 Å². The standard InChI is InChI=1S/C11H23N.ClH/c1-3-5-6-7-8-9-11-12-10-4-2;/h4,12H,2-3,5-11H2,1H3;1H. The van der Waals surface area contributed by atoms with Gasteiger partial charge in [0.25, 0.3) is 0 Å². The molecule has 0 aliphatic rings. The maximum atomic E-state index is 3.66. The molecule has 0 fully saturated rings. The van der Waals surface area contributed by atoms with Crippen LogP contribution in [0.4, 0.5) is 0 Å². The number of rotatable bonds is 9. The van der Waals surface area contributed by atoms with Crippen molar-refractivity contribution in [2.75, 3.05) is 13.1 Å². The van der Waals surface area contributed by atoms with E-state index < -0.39 is 0 Å². The lowest BCUT2D eigenvalue weighted by Crippen LogP contribution is -2.14. The zero-order chi connectivity index (χ0) is 9.07. The molecule has 1 nitrogen and oxygen atoms in total. The van der Waals surface area contributed by atoms with E-state index in [1.54, 1.807) is 0 Å². The van der Waals surface area contributed by atoms with Gasteiger partial charge in [-0.2, -0.15) is 0 Å². The topological polar surface area (TPSA) is 12.0 Å². The van der Waals surface area contributed by atoms with E-state index in [4.69, 9.17) is 0 Å². The van der Waals surface area contributed by atoms with E-state index in [0.29, 0.717) is 0 Å². The summed E-state index contributed by atoms with van der Waals surface area (Å²) in [6, 6.07) is 0. The van der Waals surface area contributed by atoms with Gasteiger partial charge in [0.15, 0.2) is 0 Å². The first-order valence-corrected chi connectivity index (χ1v) is 5.23. The number of unbranched alkanes of at least 4 members (excludes halogenated alkanes) is 5. The van der Waals surface area contributed by atoms with Gasteiger partial charge >= 0.3 is 0 Å². The first kappa shape index (κ1) is 15.5. The summed E-state index contributed by atoms with van der Waals surface area (Å²) >= 11 is 0. The molecule has 0 aromatic rings. The fraction of sp³-hybridized carbons (Fsp3) is 0.818. The zero-order valence-corrected chi connectivity index (χ0v) is 9.67. The second kappa shape index (κ2) is 14.5. The molecule has 80 valence electrons. The zero-order valence-electron chi connectivity index (χ0n) is 8.85. The van der Waals surface area contributed by atoms with Crippen molar-refractivity contribution < 1.29 is 0 Å². The summed E-state index contributed by atoms with van der Waals surface area (Å²) in [7, 11) is 0. The lowest BCUT2D eigenvalue weighted by molar-refractivity contribution is 0.585. The molecule has 0 unspecified atom stereocenters. The summed E-state index contributed by atoms with van der Waals surface area (Å²) in [5, 5.41) is 3.31. The molecule has 13 heavy (non-hydrogen) atoms. The van der Waals surface area contributed by atoms with Crippen molar-refractivity contribution in [3.63, 3.8) is 0 Å². The molecule has 1 N–H and O–H groups in total. The Morgan fingerprint density at radius 2 is 1.69 bits per heavy atom. The second-order valence-electron chi connectivity index (χ2n) is 3.26. The fourth-order valence-electron chi connectivity index (χ4n) is 1.23. The van der Waals surface area contributed by atoms with E-state index in [1.807, 2.05) is 6.08 Å². The molecule has 0 radical (unpaired) electrons. The van der Waals surface area contributed by atoms with Crippen molar-refractivity contribution >= 4 is 12.4 Å². The first-order valence-electron chi connectivity index (χ1n) is 5.23. The molecule has 0 bridgehead atoms. The van der Waals surface area contributed by atoms with E-state index in [-0.39, 0.29) is 12.4 Å². The van der Waals surface area contributed by atoms with Crippen LogP contribution in [0.3, 0.4) is 0 Å². The van der Waals surface area contributed by atoms with Gasteiger partial charge in [-0.1, -0.05) is 45.1 Å². The predicted octanol–water partition coefficient (Wildman–Crippen LogP) is 3.54. The highest BCUT2D eigenvalue weighted by Crippen LogP contribution is 2.03. The Kier molecular flexibility index (Phi) is 17.3. The molecule has 0 aliphatic carbocycles. The molecule has 0 heterocycles. The summed E-state index contributed by atoms with van der Waals surface area (Å²) in [6.45, 7) is 8.02. The molecule has 0 aromatic carbocycles. The normalized spacial score (nSPS) is 9.31. The summed E-state index contributed by atoms with van der Waals surface area (Å²) in [4.78, 5) is 0. The molecule has 0 spiro atoms. The van der Waals surface area contributed by atoms with Crippen molar-refractivity contribution in [1.29, 1.82) is 0 Å². The van der Waals surface area contributed by atoms with Crippen molar-refractivity contribution in [3.05, 3.63) is 12.7 Å². The molecule has 0 saturated heterocycles. The third kappa shape index (κ3) is 14.8. The van der Waals surface area contributed by atoms with Gasteiger partial charge < -0.3 is 5.32 Å². The molecule has 0 aromatic heterocycles. The number of nitrogens with one attached hydrogen (secondary N) is 1. The van der Waals surface area contributed by atoms with E-state index in [2.05, 4.69) is 18.8 Å². The number of hydrogen-bond acceptors (Lipinski definition) is 1. The van der Waals surface area contributed by atoms with Crippen LogP contribution in [0.2, 0.25) is 0 Å². The van der Waals surface area contributed by atoms with Crippen LogP contribution >= 0.6 is 12.4 Å². The van der Waals surface area contributed by atoms with Gasteiger partial charge in [-0.15, -0.1) is 19.0 Å². The Morgan fingerprint density at radius 1 is 1.08 bits per heavy atom. The first-order chi connectivity index (χ1) is 5.91. The summed E-state index contributed by atoms with van der Waals surface area (Å²) in [5.74, 6) is 0. The van der Waals surface area contributed by atoms with Gasteiger partial charge in [-0.05, 0) is 13.0 Å². The van der Waals surface area contributed by atoms with E-state index in [1.165, 1.54) is 38.5 Å². The van der Waals surface area contributed by atoms with E-state index in [0.717, 1.165) is 13.1 Å². The molecular weight excluding hydrogens is 182 g/mol. The van der Waals surface area contributed by atoms with Crippen molar-refractivity contribution in [2.45, 2.75) is 45.4 Å². The Morgan fingerprint density at radius 3 is 2.31 bits per heavy atom. The van der Waals surface area contributed by atoms with E-state index in [9.17, 15) is 0 Å². The third-order valence-electron chi connectivity index (χ3n) is 2.00. The van der Waals surface area contributed by atoms with Crippen LogP contribution < -0.4 is 5.32 Å². The summed E-state index contributed by atoms with van der Waals surface area (Å²) in [6.07, 6.45) is 10.2. The minimum absolute atomic E-state index is 0. The quantitative estimate of drug-likeness (QED) is 0.449. The average molecular weight is 206 g/mol. The number of hydrogen-bond donors (Lipinski definition) is 1. The summed E-state index contributed by atoms with van der Waals surface area (Å²) in [5.41, 5.74) is 0. The second-order valence-corrected chi connectivity index (χ2v) is 3.26. The smallest absolute Gasteiger partial charge is 0.0132 e. The highest BCUT2D eigenvalue weighted by Gasteiger charge is 1.88. The predicted molar refractivity (Wildman–Crippen MR) is 63.7 cm³/mol. The maximum Gasteiger partial charge on any atom is 0.0132 e. The molecule has 0 amide bonds. The van der Waals surface area contributed by atoms with Crippen LogP contribution in [-0.4, -0.2) is 13.1 Å². The van der Waals surface area contributed by atoms with E-state index >= 15 is 0 Å². The summed E-state index contributed by atoms with van der Waals surface area (Å²) < 4.78 is 0. The molecule has 0 atom stereocenters. The maximum absolute atomic E-state index is 3.66. The Hall–Kier alpha value is -0.0100. The average Bonchev–Trinajstić information content (AvgIpc) is 2.10. The Balaban J connectivity index is 0. The number of halogens is 1. The van der Waals surface area contributed by atoms with Crippen LogP contribution in [0.25, 0.3) is 0 Å². The lowest BCUT2D eigenvalue weighted by atomic mass is 10.1. The van der Waals surface area contributed by atoms with Gasteiger partial charge in [0.2, 0.25) is 0 Å². The molecule has 0 rings (SSSR count). The largest absolute Gasteiger partial charge is 0.313 e. The molecule has 0 saturated carbocycles. The minimum atomic E-state index is 0. The van der Waals surface area contributed by atoms with Crippen LogP contribution in [0.1, 0.15) is 45.4 Å². The minimum Gasteiger partial charge on any atom is -0.313 e. The van der Waals surface area contributed by atoms with Crippen LogP contribution in [0, 0.1) is 0 Å². The molecule has 0 aliphatic heterocycles. The van der Waals surface area contributed by atoms with Crippen LogP contribution in [0.5, 0.6) is 0 Å². The van der Waals surface area contributed by atoms with Crippen LogP contribution in [0.15, 0.2) is 12.7 Å². The van der Waals surface area contributed by atoms with Gasteiger partial charge in [-0.25, -0.2) is 0 Å². The SMILES string of the molecule is C=CCNCCCCCCCC.Cl. The van der Waals surface area contributed by atoms with Gasteiger partial charge in [0.1, 0.15) is 0 Å². The Bertz CT molecular complexity index is 94.1. The van der Waals surface area contributed by atoms with Gasteiger partial charge in [0.05, 0.1) is 0 Å². The highest BCUT2D eigenvalue weighted by atomic mass is 35.5. The molecule has 2 heteroatoms. The van der Waals surface area contributed by atoms with Crippen LogP contribution in [-0.2, 0) is 0 Å². The molecular formula is C11H24ClN. The van der Waals surface area contributed by atoms with Crippen molar-refractivity contribution in [1.82, 2.24) is 5.32 Å². The monoisotopic (exact) mass is 205 g/mol. The fourth-order valence-corrected chi connectivity index (χ4v) is 1.23. The lowest BCUT2D eigenvalue weighted by Gasteiger charge is -2.01. The van der Waals surface area contributed by atoms with Gasteiger partial charge in [0, 0.05) is 6.54 Å². The van der Waals surface area contributed by atoms with Gasteiger partial charge in [-0.3, -0.25) is 0 Å².